The number of rotatable bonds is 4. The molecule has 0 bridgehead atoms. The fraction of sp³-hybridized carbons (Fsp3) is 0.381. The normalized spacial score (nSPS) is 18.0. The third-order valence-corrected chi connectivity index (χ3v) is 7.32. The number of aryl methyl sites for hydroxylation is 1. The molecule has 2 aliphatic heterocycles. The summed E-state index contributed by atoms with van der Waals surface area (Å²) in [6, 6.07) is 10.7. The van der Waals surface area contributed by atoms with Crippen LogP contribution in [0.4, 0.5) is 0 Å². The second kappa shape index (κ2) is 7.57. The Morgan fingerprint density at radius 3 is 2.53 bits per heavy atom. The zero-order valence-corrected chi connectivity index (χ0v) is 17.5. The van der Waals surface area contributed by atoms with Gasteiger partial charge in [0.2, 0.25) is 15.9 Å². The first kappa shape index (κ1) is 19.3. The molecule has 9 heteroatoms. The van der Waals surface area contributed by atoms with Crippen molar-refractivity contribution >= 4 is 21.1 Å². The summed E-state index contributed by atoms with van der Waals surface area (Å²) >= 11 is 0. The first-order valence-corrected chi connectivity index (χ1v) is 11.4. The molecule has 0 atom stereocenters. The Kier molecular flexibility index (Phi) is 4.88. The first-order chi connectivity index (χ1) is 14.5. The molecule has 1 saturated heterocycles. The molecule has 3 aromatic rings. The standard InChI is InChI=1S/C21H23N3O5S/c1-15-2-4-17-19(12-15)29-21(22-17)14-23-6-8-24(9-7-23)30(25,26)16-3-5-18-20(13-16)28-11-10-27-18/h2-5,12-13H,6-11,14H2,1H3. The maximum Gasteiger partial charge on any atom is 0.243 e. The molecule has 0 aliphatic carbocycles. The number of oxazole rings is 1. The molecule has 8 nitrogen and oxygen atoms in total. The molecule has 0 radical (unpaired) electrons. The van der Waals surface area contributed by atoms with E-state index in [4.69, 9.17) is 13.9 Å². The van der Waals surface area contributed by atoms with Crippen molar-refractivity contribution in [3.8, 4) is 11.5 Å². The van der Waals surface area contributed by atoms with Gasteiger partial charge in [0.05, 0.1) is 11.4 Å². The highest BCUT2D eigenvalue weighted by Gasteiger charge is 2.30. The minimum atomic E-state index is -3.59. The second-order valence-corrected chi connectivity index (χ2v) is 9.50. The van der Waals surface area contributed by atoms with Crippen molar-refractivity contribution in [3.05, 3.63) is 47.9 Å². The van der Waals surface area contributed by atoms with Crippen LogP contribution in [0, 0.1) is 6.92 Å². The van der Waals surface area contributed by atoms with Gasteiger partial charge in [-0.2, -0.15) is 4.31 Å². The number of sulfonamides is 1. The average Bonchev–Trinajstić information content (AvgIpc) is 3.15. The number of nitrogens with zero attached hydrogens (tertiary/aromatic N) is 3. The summed E-state index contributed by atoms with van der Waals surface area (Å²) in [6.45, 7) is 5.52. The maximum atomic E-state index is 13.1. The highest BCUT2D eigenvalue weighted by atomic mass is 32.2. The van der Waals surface area contributed by atoms with Crippen LogP contribution in [0.1, 0.15) is 11.5 Å². The van der Waals surface area contributed by atoms with E-state index in [0.29, 0.717) is 63.3 Å². The SMILES string of the molecule is Cc1ccc2nc(CN3CCN(S(=O)(=O)c4ccc5c(c4)OCCO5)CC3)oc2c1. The summed E-state index contributed by atoms with van der Waals surface area (Å²) in [7, 11) is -3.59. The Hall–Kier alpha value is -2.62. The Labute approximate surface area is 175 Å². The van der Waals surface area contributed by atoms with Crippen molar-refractivity contribution in [2.24, 2.45) is 0 Å². The number of fused-ring (bicyclic) bond motifs is 2. The summed E-state index contributed by atoms with van der Waals surface area (Å²) in [5.41, 5.74) is 2.75. The molecule has 0 unspecified atom stereocenters. The molecule has 1 aromatic heterocycles. The molecule has 158 valence electrons. The van der Waals surface area contributed by atoms with Gasteiger partial charge < -0.3 is 13.9 Å². The predicted octanol–water partition coefficient (Wildman–Crippen LogP) is 2.41. The zero-order chi connectivity index (χ0) is 20.7. The van der Waals surface area contributed by atoms with Crippen molar-refractivity contribution in [2.75, 3.05) is 39.4 Å². The fourth-order valence-corrected chi connectivity index (χ4v) is 5.24. The smallest absolute Gasteiger partial charge is 0.243 e. The number of aromatic nitrogens is 1. The quantitative estimate of drug-likeness (QED) is 0.630. The number of piperazine rings is 1. The van der Waals surface area contributed by atoms with Crippen LogP contribution in [0.3, 0.4) is 0 Å². The molecule has 0 spiro atoms. The summed E-state index contributed by atoms with van der Waals surface area (Å²) in [5.74, 6) is 1.71. The summed E-state index contributed by atoms with van der Waals surface area (Å²) < 4.78 is 44.5. The highest BCUT2D eigenvalue weighted by Crippen LogP contribution is 2.33. The third kappa shape index (κ3) is 3.64. The highest BCUT2D eigenvalue weighted by molar-refractivity contribution is 7.89. The van der Waals surface area contributed by atoms with Crippen molar-refractivity contribution in [3.63, 3.8) is 0 Å². The molecule has 5 rings (SSSR count). The summed E-state index contributed by atoms with van der Waals surface area (Å²) in [4.78, 5) is 6.93. The van der Waals surface area contributed by atoms with Crippen molar-refractivity contribution in [1.82, 2.24) is 14.2 Å². The van der Waals surface area contributed by atoms with E-state index < -0.39 is 10.0 Å². The predicted molar refractivity (Wildman–Crippen MR) is 110 cm³/mol. The second-order valence-electron chi connectivity index (χ2n) is 7.56. The summed E-state index contributed by atoms with van der Waals surface area (Å²) in [5, 5.41) is 0. The van der Waals surface area contributed by atoms with Crippen LogP contribution >= 0.6 is 0 Å². The zero-order valence-electron chi connectivity index (χ0n) is 16.7. The van der Waals surface area contributed by atoms with E-state index in [9.17, 15) is 8.42 Å². The van der Waals surface area contributed by atoms with E-state index in [-0.39, 0.29) is 4.90 Å². The van der Waals surface area contributed by atoms with Gasteiger partial charge in [-0.3, -0.25) is 4.90 Å². The lowest BCUT2D eigenvalue weighted by atomic mass is 10.2. The minimum Gasteiger partial charge on any atom is -0.486 e. The third-order valence-electron chi connectivity index (χ3n) is 5.43. The van der Waals surface area contributed by atoms with E-state index in [2.05, 4.69) is 9.88 Å². The van der Waals surface area contributed by atoms with Gasteiger partial charge in [-0.05, 0) is 36.8 Å². The van der Waals surface area contributed by atoms with Gasteiger partial charge in [-0.25, -0.2) is 13.4 Å². The molecule has 0 amide bonds. The molecular weight excluding hydrogens is 406 g/mol. The largest absolute Gasteiger partial charge is 0.486 e. The Bertz CT molecular complexity index is 1180. The monoisotopic (exact) mass is 429 g/mol. The van der Waals surface area contributed by atoms with Crippen LogP contribution in [-0.4, -0.2) is 62.0 Å². The number of hydrogen-bond donors (Lipinski definition) is 0. The van der Waals surface area contributed by atoms with Crippen LogP contribution in [0.2, 0.25) is 0 Å². The van der Waals surface area contributed by atoms with Crippen LogP contribution in [-0.2, 0) is 16.6 Å². The molecule has 2 aliphatic rings. The molecular formula is C21H23N3O5S. The van der Waals surface area contributed by atoms with E-state index in [1.807, 2.05) is 25.1 Å². The fourth-order valence-electron chi connectivity index (χ4n) is 3.80. The van der Waals surface area contributed by atoms with Gasteiger partial charge in [-0.15, -0.1) is 0 Å². The van der Waals surface area contributed by atoms with Crippen LogP contribution in [0.25, 0.3) is 11.1 Å². The molecule has 1 fully saturated rings. The Balaban J connectivity index is 1.25. The van der Waals surface area contributed by atoms with Gasteiger partial charge in [-0.1, -0.05) is 6.07 Å². The van der Waals surface area contributed by atoms with Gasteiger partial charge in [0.1, 0.15) is 18.7 Å². The first-order valence-electron chi connectivity index (χ1n) is 9.97. The average molecular weight is 429 g/mol. The Morgan fingerprint density at radius 1 is 0.967 bits per heavy atom. The van der Waals surface area contributed by atoms with E-state index >= 15 is 0 Å². The van der Waals surface area contributed by atoms with Gasteiger partial charge in [0, 0.05) is 32.2 Å². The molecule has 2 aromatic carbocycles. The van der Waals surface area contributed by atoms with Gasteiger partial charge in [0.25, 0.3) is 0 Å². The van der Waals surface area contributed by atoms with Crippen LogP contribution in [0.5, 0.6) is 11.5 Å². The van der Waals surface area contributed by atoms with Crippen molar-refractivity contribution in [1.29, 1.82) is 0 Å². The molecule has 0 saturated carbocycles. The number of ether oxygens (including phenoxy) is 2. The van der Waals surface area contributed by atoms with Crippen LogP contribution in [0.15, 0.2) is 45.7 Å². The van der Waals surface area contributed by atoms with E-state index in [0.717, 1.165) is 16.7 Å². The van der Waals surface area contributed by atoms with Crippen molar-refractivity contribution < 1.29 is 22.3 Å². The van der Waals surface area contributed by atoms with E-state index in [1.54, 1.807) is 18.2 Å². The minimum absolute atomic E-state index is 0.231. The van der Waals surface area contributed by atoms with Crippen LogP contribution < -0.4 is 9.47 Å². The Morgan fingerprint density at radius 2 is 1.73 bits per heavy atom. The molecule has 3 heterocycles. The molecule has 0 N–H and O–H groups in total. The lowest BCUT2D eigenvalue weighted by Crippen LogP contribution is -2.48. The van der Waals surface area contributed by atoms with Crippen molar-refractivity contribution in [2.45, 2.75) is 18.4 Å². The van der Waals surface area contributed by atoms with Gasteiger partial charge >= 0.3 is 0 Å². The lowest BCUT2D eigenvalue weighted by molar-refractivity contribution is 0.168. The number of hydrogen-bond acceptors (Lipinski definition) is 7. The molecule has 30 heavy (non-hydrogen) atoms. The lowest BCUT2D eigenvalue weighted by Gasteiger charge is -2.33. The topological polar surface area (TPSA) is 85.1 Å². The maximum absolute atomic E-state index is 13.1. The number of benzene rings is 2. The summed E-state index contributed by atoms with van der Waals surface area (Å²) in [6.07, 6.45) is 0. The van der Waals surface area contributed by atoms with E-state index in [1.165, 1.54) is 4.31 Å². The van der Waals surface area contributed by atoms with Gasteiger partial charge in [0.15, 0.2) is 17.1 Å².